The maximum atomic E-state index is 11.7. The molecule has 17 heavy (non-hydrogen) atoms. The van der Waals surface area contributed by atoms with Crippen LogP contribution in [0.4, 0.5) is 0 Å². The van der Waals surface area contributed by atoms with Crippen LogP contribution in [0.25, 0.3) is 0 Å². The lowest BCUT2D eigenvalue weighted by molar-refractivity contribution is -0.121. The molecule has 6 nitrogen and oxygen atoms in total. The molecule has 0 saturated heterocycles. The van der Waals surface area contributed by atoms with Gasteiger partial charge in [0.1, 0.15) is 5.78 Å². The van der Waals surface area contributed by atoms with Crippen molar-refractivity contribution in [1.82, 2.24) is 0 Å². The molecule has 7 heteroatoms. The van der Waals surface area contributed by atoms with E-state index in [0.29, 0.717) is 18.7 Å². The van der Waals surface area contributed by atoms with E-state index in [1.54, 1.807) is 13.8 Å². The van der Waals surface area contributed by atoms with Crippen molar-refractivity contribution in [2.24, 2.45) is 10.9 Å². The van der Waals surface area contributed by atoms with Crippen molar-refractivity contribution in [2.45, 2.75) is 33.6 Å². The maximum absolute atomic E-state index is 11.7. The van der Waals surface area contributed by atoms with E-state index in [1.807, 2.05) is 6.92 Å². The molecule has 0 aromatic rings. The van der Waals surface area contributed by atoms with Crippen LogP contribution < -0.4 is 0 Å². The van der Waals surface area contributed by atoms with Gasteiger partial charge in [-0.15, -0.1) is 0 Å². The van der Waals surface area contributed by atoms with Crippen molar-refractivity contribution in [2.75, 3.05) is 13.2 Å². The topological polar surface area (TPSA) is 96.2 Å². The number of phosphoric ester groups is 1. The second-order valence-corrected chi connectivity index (χ2v) is 4.84. The summed E-state index contributed by atoms with van der Waals surface area (Å²) in [5, 5.41) is 0. The zero-order valence-electron chi connectivity index (χ0n) is 10.4. The van der Waals surface area contributed by atoms with Crippen LogP contribution in [0.2, 0.25) is 0 Å². The van der Waals surface area contributed by atoms with E-state index >= 15 is 0 Å². The zero-order chi connectivity index (χ0) is 13.5. The molecule has 0 fully saturated rings. The lowest BCUT2D eigenvalue weighted by Crippen LogP contribution is -2.23. The van der Waals surface area contributed by atoms with Crippen LogP contribution in [0, 0.1) is 5.92 Å². The second kappa shape index (κ2) is 7.71. The Morgan fingerprint density at radius 3 is 2.41 bits per heavy atom. The average molecular weight is 265 g/mol. The van der Waals surface area contributed by atoms with Crippen molar-refractivity contribution in [3.05, 3.63) is 0 Å². The van der Waals surface area contributed by atoms with Crippen molar-refractivity contribution in [3.63, 3.8) is 0 Å². The number of Topliss-reactive ketones (excluding diaryl/α,β-unsaturated/α-hetero) is 1. The molecule has 0 rings (SSSR count). The van der Waals surface area contributed by atoms with Crippen molar-refractivity contribution < 1.29 is 23.7 Å². The van der Waals surface area contributed by atoms with Gasteiger partial charge >= 0.3 is 7.82 Å². The molecular formula is C10H20NO5P. The number of aliphatic imine (C=N–C) groups is 1. The molecule has 2 N–H and O–H groups in total. The molecular weight excluding hydrogens is 245 g/mol. The molecule has 100 valence electrons. The molecule has 0 heterocycles. The van der Waals surface area contributed by atoms with Gasteiger partial charge in [-0.3, -0.25) is 14.3 Å². The number of carbonyl (C=O) groups is 1. The largest absolute Gasteiger partial charge is 0.469 e. The van der Waals surface area contributed by atoms with E-state index in [-0.39, 0.29) is 18.8 Å². The Balaban J connectivity index is 4.46. The molecule has 0 aliphatic heterocycles. The summed E-state index contributed by atoms with van der Waals surface area (Å²) in [7, 11) is -4.46. The first kappa shape index (κ1) is 16.4. The first-order valence-corrected chi connectivity index (χ1v) is 7.08. The number of ketones is 1. The summed E-state index contributed by atoms with van der Waals surface area (Å²) in [6.07, 6.45) is 0.615. The molecule has 0 radical (unpaired) electrons. The zero-order valence-corrected chi connectivity index (χ0v) is 11.3. The van der Waals surface area contributed by atoms with Crippen molar-refractivity contribution >= 4 is 19.3 Å². The number of phosphoric acid groups is 1. The van der Waals surface area contributed by atoms with Crippen LogP contribution in [0.1, 0.15) is 33.6 Å². The molecule has 0 aliphatic carbocycles. The highest BCUT2D eigenvalue weighted by molar-refractivity contribution is 7.46. The van der Waals surface area contributed by atoms with Crippen LogP contribution >= 0.6 is 7.82 Å². The van der Waals surface area contributed by atoms with E-state index in [0.717, 1.165) is 0 Å². The minimum atomic E-state index is -4.46. The van der Waals surface area contributed by atoms with Gasteiger partial charge in [0.2, 0.25) is 0 Å². The van der Waals surface area contributed by atoms with Gasteiger partial charge in [-0.1, -0.05) is 6.92 Å². The Kier molecular flexibility index (Phi) is 7.46. The quantitative estimate of drug-likeness (QED) is 0.513. The highest BCUT2D eigenvalue weighted by Gasteiger charge is 2.22. The van der Waals surface area contributed by atoms with Gasteiger partial charge in [-0.05, 0) is 20.3 Å². The monoisotopic (exact) mass is 265 g/mol. The van der Waals surface area contributed by atoms with Crippen LogP contribution in [0.3, 0.4) is 0 Å². The fraction of sp³-hybridized carbons (Fsp3) is 0.800. The fourth-order valence-corrected chi connectivity index (χ4v) is 1.84. The molecule has 1 unspecified atom stereocenters. The average Bonchev–Trinajstić information content (AvgIpc) is 2.22. The highest BCUT2D eigenvalue weighted by Crippen LogP contribution is 2.36. The van der Waals surface area contributed by atoms with Crippen LogP contribution in [0.5, 0.6) is 0 Å². The van der Waals surface area contributed by atoms with Crippen molar-refractivity contribution in [1.29, 1.82) is 0 Å². The smallest absolute Gasteiger partial charge is 0.303 e. The summed E-state index contributed by atoms with van der Waals surface area (Å²) in [5.74, 6) is -0.402. The summed E-state index contributed by atoms with van der Waals surface area (Å²) < 4.78 is 14.8. The molecule has 0 aromatic carbocycles. The first-order chi connectivity index (χ1) is 7.81. The Hall–Kier alpha value is -0.550. The lowest BCUT2D eigenvalue weighted by Gasteiger charge is -2.15. The minimum Gasteiger partial charge on any atom is -0.303 e. The number of hydrogen-bond donors (Lipinski definition) is 2. The minimum absolute atomic E-state index is 0.00834. The SMILES string of the molecule is CCN=C(C)C(CCOP(=O)(O)O)C(=O)CC. The molecule has 0 spiro atoms. The molecule has 1 atom stereocenters. The standard InChI is InChI=1S/C10H20NO5P/c1-4-10(12)9(8(3)11-5-2)6-7-16-17(13,14)15/h9H,4-7H2,1-3H3,(H2,13,14,15). The van der Waals surface area contributed by atoms with E-state index in [4.69, 9.17) is 9.79 Å². The second-order valence-electron chi connectivity index (χ2n) is 3.60. The number of rotatable bonds is 8. The van der Waals surface area contributed by atoms with E-state index in [2.05, 4.69) is 9.52 Å². The number of carbonyl (C=O) groups excluding carboxylic acids is 1. The third-order valence-electron chi connectivity index (χ3n) is 2.31. The van der Waals surface area contributed by atoms with Crippen molar-refractivity contribution in [3.8, 4) is 0 Å². The number of hydrogen-bond acceptors (Lipinski definition) is 4. The summed E-state index contributed by atoms with van der Waals surface area (Å²) in [4.78, 5) is 32.9. The molecule has 0 saturated carbocycles. The van der Waals surface area contributed by atoms with Gasteiger partial charge in [0.05, 0.1) is 12.5 Å². The van der Waals surface area contributed by atoms with E-state index < -0.39 is 13.7 Å². The van der Waals surface area contributed by atoms with Gasteiger partial charge in [0.15, 0.2) is 0 Å². The Bertz CT molecular complexity index is 323. The summed E-state index contributed by atoms with van der Waals surface area (Å²) in [6, 6.07) is 0. The first-order valence-electron chi connectivity index (χ1n) is 5.55. The summed E-state index contributed by atoms with van der Waals surface area (Å²) >= 11 is 0. The summed E-state index contributed by atoms with van der Waals surface area (Å²) in [6.45, 7) is 5.79. The maximum Gasteiger partial charge on any atom is 0.469 e. The van der Waals surface area contributed by atoms with Crippen LogP contribution in [-0.4, -0.2) is 34.4 Å². The van der Waals surface area contributed by atoms with Gasteiger partial charge in [0, 0.05) is 18.7 Å². The lowest BCUT2D eigenvalue weighted by atomic mass is 9.94. The third kappa shape index (κ3) is 7.39. The summed E-state index contributed by atoms with van der Waals surface area (Å²) in [5.41, 5.74) is 0.689. The predicted molar refractivity (Wildman–Crippen MR) is 65.1 cm³/mol. The normalized spacial score (nSPS) is 14.8. The van der Waals surface area contributed by atoms with E-state index in [9.17, 15) is 9.36 Å². The van der Waals surface area contributed by atoms with E-state index in [1.165, 1.54) is 0 Å². The van der Waals surface area contributed by atoms with Gasteiger partial charge in [0.25, 0.3) is 0 Å². The highest BCUT2D eigenvalue weighted by atomic mass is 31.2. The Labute approximate surface area is 101 Å². The van der Waals surface area contributed by atoms with Gasteiger partial charge < -0.3 is 9.79 Å². The van der Waals surface area contributed by atoms with Crippen LogP contribution in [0.15, 0.2) is 4.99 Å². The van der Waals surface area contributed by atoms with Gasteiger partial charge in [-0.2, -0.15) is 0 Å². The third-order valence-corrected chi connectivity index (χ3v) is 2.83. The predicted octanol–water partition coefficient (Wildman–Crippen LogP) is 1.56. The Morgan fingerprint density at radius 2 is 2.00 bits per heavy atom. The Morgan fingerprint density at radius 1 is 1.41 bits per heavy atom. The molecule has 0 aliphatic rings. The van der Waals surface area contributed by atoms with Gasteiger partial charge in [-0.25, -0.2) is 4.57 Å². The van der Waals surface area contributed by atoms with Crippen LogP contribution in [-0.2, 0) is 13.9 Å². The number of nitrogens with zero attached hydrogens (tertiary/aromatic N) is 1. The fourth-order valence-electron chi connectivity index (χ4n) is 1.50. The molecule has 0 bridgehead atoms. The molecule has 0 aromatic heterocycles. The molecule has 0 amide bonds.